The zero-order chi connectivity index (χ0) is 15.6. The molecule has 2 fully saturated rings. The molecule has 0 bridgehead atoms. The summed E-state index contributed by atoms with van der Waals surface area (Å²) in [6.45, 7) is 7.67. The minimum Gasteiger partial charge on any atom is -0.465 e. The van der Waals surface area contributed by atoms with Crippen molar-refractivity contribution in [3.05, 3.63) is 11.1 Å². The molecule has 0 heterocycles. The van der Waals surface area contributed by atoms with Gasteiger partial charge in [-0.15, -0.1) is 0 Å². The molecule has 0 aromatic rings. The predicted molar refractivity (Wildman–Crippen MR) is 77.5 cm³/mol. The second-order valence-corrected chi connectivity index (χ2v) is 7.75. The van der Waals surface area contributed by atoms with Gasteiger partial charge in [0, 0.05) is 17.8 Å². The van der Waals surface area contributed by atoms with Gasteiger partial charge in [-0.2, -0.15) is 0 Å². The average molecular weight is 292 g/mol. The maximum Gasteiger partial charge on any atom is 0.302 e. The fraction of sp³-hybridized carbons (Fsp3) is 0.765. The normalized spacial score (nSPS) is 45.0. The first-order chi connectivity index (χ1) is 9.63. The number of allylic oxidation sites excluding steroid dienone is 1. The molecule has 2 saturated carbocycles. The van der Waals surface area contributed by atoms with E-state index in [2.05, 4.69) is 6.92 Å². The second-order valence-electron chi connectivity index (χ2n) is 7.75. The van der Waals surface area contributed by atoms with Gasteiger partial charge in [0.1, 0.15) is 0 Å². The highest BCUT2D eigenvalue weighted by Gasteiger charge is 2.68. The molecule has 4 heteroatoms. The summed E-state index contributed by atoms with van der Waals surface area (Å²) in [4.78, 5) is 23.7. The van der Waals surface area contributed by atoms with Crippen molar-refractivity contribution in [3.8, 4) is 0 Å². The summed E-state index contributed by atoms with van der Waals surface area (Å²) in [6, 6.07) is 0. The third kappa shape index (κ3) is 1.78. The summed E-state index contributed by atoms with van der Waals surface area (Å²) in [5.41, 5.74) is 0.420. The number of carbonyl (C=O) groups is 2. The van der Waals surface area contributed by atoms with Gasteiger partial charge in [-0.3, -0.25) is 9.59 Å². The van der Waals surface area contributed by atoms with E-state index in [1.807, 2.05) is 13.8 Å². The molecule has 1 N–H and O–H groups in total. The fourth-order valence-corrected chi connectivity index (χ4v) is 4.90. The third-order valence-electron chi connectivity index (χ3n) is 6.23. The lowest BCUT2D eigenvalue weighted by Gasteiger charge is -2.57. The fourth-order valence-electron chi connectivity index (χ4n) is 4.90. The monoisotopic (exact) mass is 292 g/mol. The van der Waals surface area contributed by atoms with Gasteiger partial charge < -0.3 is 9.84 Å². The largest absolute Gasteiger partial charge is 0.465 e. The molecule has 0 radical (unpaired) electrons. The quantitative estimate of drug-likeness (QED) is 0.794. The Morgan fingerprint density at radius 2 is 2.10 bits per heavy atom. The molecule has 116 valence electrons. The summed E-state index contributed by atoms with van der Waals surface area (Å²) >= 11 is 0. The molecular weight excluding hydrogens is 268 g/mol. The summed E-state index contributed by atoms with van der Waals surface area (Å²) in [5.74, 6) is -0.572. The van der Waals surface area contributed by atoms with Crippen LogP contribution in [-0.2, 0) is 14.3 Å². The van der Waals surface area contributed by atoms with E-state index in [-0.39, 0.29) is 35.1 Å². The number of fused-ring (bicyclic) bond motifs is 3. The number of ether oxygens (including phenoxy) is 1. The van der Waals surface area contributed by atoms with Gasteiger partial charge in [0.2, 0.25) is 0 Å². The number of hydrogen-bond donors (Lipinski definition) is 1. The topological polar surface area (TPSA) is 63.6 Å². The number of esters is 1. The van der Waals surface area contributed by atoms with Crippen molar-refractivity contribution >= 4 is 11.8 Å². The maximum atomic E-state index is 12.6. The van der Waals surface area contributed by atoms with Crippen LogP contribution < -0.4 is 0 Å². The van der Waals surface area contributed by atoms with Crippen LogP contribution in [-0.4, -0.2) is 29.1 Å². The van der Waals surface area contributed by atoms with E-state index in [9.17, 15) is 14.7 Å². The van der Waals surface area contributed by atoms with E-state index in [1.54, 1.807) is 0 Å². The molecule has 4 nitrogen and oxygen atoms in total. The summed E-state index contributed by atoms with van der Waals surface area (Å²) < 4.78 is 5.18. The van der Waals surface area contributed by atoms with Crippen molar-refractivity contribution in [2.75, 3.05) is 6.61 Å². The second kappa shape index (κ2) is 4.19. The molecule has 0 aliphatic heterocycles. The summed E-state index contributed by atoms with van der Waals surface area (Å²) in [5, 5.41) is 11.4. The molecule has 3 aliphatic rings. The lowest BCUT2D eigenvalue weighted by Crippen LogP contribution is -2.60. The lowest BCUT2D eigenvalue weighted by atomic mass is 9.49. The first-order valence-corrected chi connectivity index (χ1v) is 7.73. The Bertz CT molecular complexity index is 563. The highest BCUT2D eigenvalue weighted by Crippen LogP contribution is 2.67. The molecule has 3 rings (SSSR count). The van der Waals surface area contributed by atoms with Gasteiger partial charge >= 0.3 is 5.97 Å². The Hall–Kier alpha value is -1.16. The van der Waals surface area contributed by atoms with Crippen LogP contribution in [0.4, 0.5) is 0 Å². The standard InChI is InChI=1S/C17H24O4/c1-10-12-5-6-16(12,4)17(20)8-15(3,9-21-11(2)18)7-13(17)14(10)19/h13,20H,5-9H2,1-4H3/t13-,15+,16-,17+/m0/s1. The molecule has 21 heavy (non-hydrogen) atoms. The molecule has 0 unspecified atom stereocenters. The summed E-state index contributed by atoms with van der Waals surface area (Å²) in [7, 11) is 0. The minimum absolute atomic E-state index is 0.0937. The molecular formula is C17H24O4. The summed E-state index contributed by atoms with van der Waals surface area (Å²) in [6.07, 6.45) is 2.97. The van der Waals surface area contributed by atoms with Gasteiger partial charge in [0.25, 0.3) is 0 Å². The van der Waals surface area contributed by atoms with E-state index >= 15 is 0 Å². The number of Topliss-reactive ketones (excluding diaryl/α,β-unsaturated/α-hetero) is 1. The SMILES string of the molecule is CC(=O)OC[C@]1(C)C[C@H]2C(=O)C(C)=C3CC[C@]3(C)[C@@]2(O)C1. The van der Waals surface area contributed by atoms with E-state index in [1.165, 1.54) is 6.92 Å². The van der Waals surface area contributed by atoms with Crippen LogP contribution in [0.25, 0.3) is 0 Å². The van der Waals surface area contributed by atoms with Crippen LogP contribution in [0.2, 0.25) is 0 Å². The van der Waals surface area contributed by atoms with Crippen LogP contribution in [0.3, 0.4) is 0 Å². The van der Waals surface area contributed by atoms with Crippen LogP contribution in [0.15, 0.2) is 11.1 Å². The Labute approximate surface area is 125 Å². The predicted octanol–water partition coefficient (Wildman–Crippen LogP) is 2.40. The first kappa shape index (κ1) is 14.8. The third-order valence-corrected chi connectivity index (χ3v) is 6.23. The highest BCUT2D eigenvalue weighted by molar-refractivity contribution is 6.00. The van der Waals surface area contributed by atoms with Crippen LogP contribution >= 0.6 is 0 Å². The zero-order valence-corrected chi connectivity index (χ0v) is 13.3. The lowest BCUT2D eigenvalue weighted by molar-refractivity contribution is -0.152. The molecule has 0 spiro atoms. The first-order valence-electron chi connectivity index (χ1n) is 7.73. The van der Waals surface area contributed by atoms with Crippen molar-refractivity contribution in [2.45, 2.75) is 59.0 Å². The highest BCUT2D eigenvalue weighted by atomic mass is 16.5. The molecule has 0 aromatic heterocycles. The number of rotatable bonds is 2. The average Bonchev–Trinajstić information content (AvgIpc) is 2.66. The van der Waals surface area contributed by atoms with Gasteiger partial charge in [-0.05, 0) is 38.2 Å². The smallest absolute Gasteiger partial charge is 0.302 e. The van der Waals surface area contributed by atoms with Crippen molar-refractivity contribution in [3.63, 3.8) is 0 Å². The molecule has 0 saturated heterocycles. The van der Waals surface area contributed by atoms with Crippen LogP contribution in [0, 0.1) is 16.7 Å². The van der Waals surface area contributed by atoms with Crippen LogP contribution in [0.5, 0.6) is 0 Å². The molecule has 3 aliphatic carbocycles. The van der Waals surface area contributed by atoms with E-state index in [4.69, 9.17) is 4.74 Å². The van der Waals surface area contributed by atoms with Crippen LogP contribution in [0.1, 0.15) is 53.4 Å². The minimum atomic E-state index is -0.980. The Kier molecular flexibility index (Phi) is 2.94. The van der Waals surface area contributed by atoms with E-state index < -0.39 is 5.60 Å². The van der Waals surface area contributed by atoms with E-state index in [0.717, 1.165) is 24.0 Å². The zero-order valence-electron chi connectivity index (χ0n) is 13.3. The molecule has 0 amide bonds. The van der Waals surface area contributed by atoms with Gasteiger partial charge in [0.05, 0.1) is 18.1 Å². The van der Waals surface area contributed by atoms with Gasteiger partial charge in [0.15, 0.2) is 5.78 Å². The van der Waals surface area contributed by atoms with E-state index in [0.29, 0.717) is 12.8 Å². The molecule has 4 atom stereocenters. The number of ketones is 1. The van der Waals surface area contributed by atoms with Crippen molar-refractivity contribution in [1.82, 2.24) is 0 Å². The van der Waals surface area contributed by atoms with Crippen molar-refractivity contribution in [1.29, 1.82) is 0 Å². The molecule has 0 aromatic carbocycles. The Morgan fingerprint density at radius 1 is 1.43 bits per heavy atom. The number of carbonyl (C=O) groups excluding carboxylic acids is 2. The maximum absolute atomic E-state index is 12.6. The van der Waals surface area contributed by atoms with Crippen molar-refractivity contribution in [2.24, 2.45) is 16.7 Å². The Morgan fingerprint density at radius 3 is 2.62 bits per heavy atom. The number of aliphatic hydroxyl groups is 1. The number of hydrogen-bond acceptors (Lipinski definition) is 4. The van der Waals surface area contributed by atoms with Crippen molar-refractivity contribution < 1.29 is 19.4 Å². The van der Waals surface area contributed by atoms with Gasteiger partial charge in [-0.1, -0.05) is 19.4 Å². The van der Waals surface area contributed by atoms with Gasteiger partial charge in [-0.25, -0.2) is 0 Å². The Balaban J connectivity index is 1.95.